The van der Waals surface area contributed by atoms with Crippen LogP contribution in [0.5, 0.6) is 0 Å². The Bertz CT molecular complexity index is 2580. The molecule has 2 aliphatic heterocycles. The lowest BCUT2D eigenvalue weighted by molar-refractivity contribution is -0.120. The van der Waals surface area contributed by atoms with Crippen LogP contribution in [0.4, 0.5) is 5.69 Å². The predicted molar refractivity (Wildman–Crippen MR) is 248 cm³/mol. The van der Waals surface area contributed by atoms with Crippen molar-refractivity contribution in [2.45, 2.75) is 37.8 Å². The highest BCUT2D eigenvalue weighted by atomic mass is 33.1. The van der Waals surface area contributed by atoms with E-state index in [1.807, 2.05) is 74.1 Å². The topological polar surface area (TPSA) is 219 Å². The SMILES string of the molecule is CN(C)c1ccc2c(-c3ccc(C(=O)NCCSSCCC(=O)NCc4cn(C5CC(O)C(CPPPO)O5)c(=O)[nH]c4=O)cc3C(=O)O)c3ccc(=[N+](C)C)cc-3oc2c1. The Morgan fingerprint density at radius 3 is 2.52 bits per heavy atom. The van der Waals surface area contributed by atoms with Gasteiger partial charge in [-0.3, -0.25) is 23.9 Å². The Labute approximate surface area is 363 Å². The molecule has 0 radical (unpaired) electrons. The van der Waals surface area contributed by atoms with Gasteiger partial charge < -0.3 is 39.8 Å². The van der Waals surface area contributed by atoms with Crippen LogP contribution in [-0.2, 0) is 16.1 Å². The van der Waals surface area contributed by atoms with Crippen molar-refractivity contribution in [1.29, 1.82) is 0 Å². The molecule has 2 amide bonds. The number of hydrogen-bond acceptors (Lipinski definition) is 12. The largest absolute Gasteiger partial charge is 0.478 e. The number of aliphatic hydroxyl groups is 1. The highest BCUT2D eigenvalue weighted by Gasteiger charge is 2.35. The second-order valence-corrected chi connectivity index (χ2v) is 23.2. The quantitative estimate of drug-likeness (QED) is 0.0240. The number of carboxylic acid groups (broad SMARTS) is 1. The number of hydrogen-bond donors (Lipinski definition) is 6. The molecule has 0 saturated carbocycles. The standard InChI is InChI=1S/C40H47N6O10P3S2/c1-44(2)24-6-9-27-31(16-24)55-32-17-25(45(3)4)7-10-28(32)36(27)26-8-5-22(15-29(26)39(51)52)37(49)41-12-14-61-60-13-11-34(48)42-19-23-20-46(40(53)43-38(23)50)35-18-30(47)33(56-35)21-57-59-58-54/h5-10,15-17,20,30,33,35,47,54,57-59H,11-14,18-19,21H2,1-4H3,(H3-,41,42,43,48,49,50,51,52,53)/p+1. The zero-order chi connectivity index (χ0) is 43.8. The van der Waals surface area contributed by atoms with Gasteiger partial charge >= 0.3 is 11.7 Å². The molecule has 324 valence electrons. The average molecular weight is 930 g/mol. The molecule has 1 aromatic heterocycles. The van der Waals surface area contributed by atoms with E-state index in [-0.39, 0.29) is 50.5 Å². The van der Waals surface area contributed by atoms with Crippen molar-refractivity contribution in [3.05, 3.63) is 104 Å². The number of fused-ring (bicyclic) bond motifs is 2. The molecular weight excluding hydrogens is 882 g/mol. The van der Waals surface area contributed by atoms with Crippen LogP contribution >= 0.6 is 46.3 Å². The number of carbonyl (C=O) groups is 3. The molecule has 1 saturated heterocycles. The fourth-order valence-electron chi connectivity index (χ4n) is 6.76. The van der Waals surface area contributed by atoms with Crippen molar-refractivity contribution in [2.24, 2.45) is 0 Å². The smallest absolute Gasteiger partial charge is 0.336 e. The molecule has 1 aliphatic carbocycles. The first-order valence-corrected chi connectivity index (χ1v) is 26.8. The summed E-state index contributed by atoms with van der Waals surface area (Å²) in [5.41, 5.74) is 2.44. The molecule has 21 heteroatoms. The van der Waals surface area contributed by atoms with Crippen LogP contribution in [0.3, 0.4) is 0 Å². The number of carbonyl (C=O) groups excluding carboxylic acids is 2. The molecule has 3 heterocycles. The number of benzene rings is 3. The van der Waals surface area contributed by atoms with Gasteiger partial charge in [0.2, 0.25) is 11.3 Å². The maximum atomic E-state index is 13.2. The number of carboxylic acids is 1. The van der Waals surface area contributed by atoms with Crippen LogP contribution in [0.2, 0.25) is 0 Å². The Morgan fingerprint density at radius 1 is 1.02 bits per heavy atom. The molecule has 2 aromatic carbocycles. The number of H-pyrrole nitrogens is 1. The van der Waals surface area contributed by atoms with Crippen LogP contribution < -0.4 is 36.7 Å². The molecule has 6 N–H and O–H groups in total. The first-order valence-electron chi connectivity index (χ1n) is 19.2. The van der Waals surface area contributed by atoms with E-state index in [2.05, 4.69) is 15.6 Å². The summed E-state index contributed by atoms with van der Waals surface area (Å²) in [6, 6.07) is 16.3. The number of ether oxygens (including phenoxy) is 1. The molecule has 0 bridgehead atoms. The number of nitrogens with one attached hydrogen (secondary N) is 3. The number of amides is 2. The lowest BCUT2D eigenvalue weighted by Crippen LogP contribution is -2.36. The first-order chi connectivity index (χ1) is 29.2. The van der Waals surface area contributed by atoms with Gasteiger partial charge in [-0.05, 0) is 50.0 Å². The molecule has 6 rings (SSSR count). The fraction of sp³-hybridized carbons (Fsp3) is 0.350. The van der Waals surface area contributed by atoms with Gasteiger partial charge in [-0.1, -0.05) is 35.9 Å². The Balaban J connectivity index is 1.01. The minimum atomic E-state index is -1.17. The zero-order valence-corrected chi connectivity index (χ0v) is 38.4. The summed E-state index contributed by atoms with van der Waals surface area (Å²) in [4.78, 5) is 76.9. The second-order valence-electron chi connectivity index (χ2n) is 14.5. The van der Waals surface area contributed by atoms with Crippen molar-refractivity contribution in [1.82, 2.24) is 24.8 Å². The molecule has 61 heavy (non-hydrogen) atoms. The monoisotopic (exact) mass is 929 g/mol. The average Bonchev–Trinajstić information content (AvgIpc) is 3.60. The molecule has 0 spiro atoms. The van der Waals surface area contributed by atoms with Gasteiger partial charge in [-0.25, -0.2) is 14.2 Å². The third-order valence-electron chi connectivity index (χ3n) is 9.95. The number of anilines is 1. The van der Waals surface area contributed by atoms with E-state index in [0.29, 0.717) is 62.9 Å². The molecule has 3 aliphatic rings. The summed E-state index contributed by atoms with van der Waals surface area (Å²) in [6.45, 7) is 0.195. The number of nitrogens with zero attached hydrogens (tertiary/aromatic N) is 3. The summed E-state index contributed by atoms with van der Waals surface area (Å²) in [6.07, 6.45) is 0.238. The molecule has 1 fully saturated rings. The van der Waals surface area contributed by atoms with E-state index in [4.69, 9.17) is 14.0 Å². The van der Waals surface area contributed by atoms with E-state index in [1.165, 1.54) is 38.4 Å². The minimum Gasteiger partial charge on any atom is -0.478 e. The third kappa shape index (κ3) is 11.5. The summed E-state index contributed by atoms with van der Waals surface area (Å²) in [5.74, 6) is -0.311. The number of aromatic amines is 1. The van der Waals surface area contributed by atoms with Gasteiger partial charge in [-0.2, -0.15) is 0 Å². The zero-order valence-electron chi connectivity index (χ0n) is 33.8. The fourth-order valence-corrected chi connectivity index (χ4v) is 12.2. The number of aromatic carboxylic acids is 1. The van der Waals surface area contributed by atoms with Crippen LogP contribution in [-0.4, -0.2) is 107 Å². The van der Waals surface area contributed by atoms with E-state index in [0.717, 1.165) is 22.0 Å². The van der Waals surface area contributed by atoms with E-state index < -0.39 is 41.6 Å². The van der Waals surface area contributed by atoms with Crippen molar-refractivity contribution < 1.29 is 38.6 Å². The second kappa shape index (κ2) is 21.3. The highest BCUT2D eigenvalue weighted by molar-refractivity contribution is 8.76. The van der Waals surface area contributed by atoms with Crippen LogP contribution in [0, 0.1) is 0 Å². The Morgan fingerprint density at radius 2 is 1.79 bits per heavy atom. The van der Waals surface area contributed by atoms with Crippen molar-refractivity contribution in [3.8, 4) is 22.5 Å². The number of aromatic nitrogens is 2. The summed E-state index contributed by atoms with van der Waals surface area (Å²) in [7, 11) is 11.3. The van der Waals surface area contributed by atoms with Crippen molar-refractivity contribution in [2.75, 3.05) is 57.3 Å². The maximum absolute atomic E-state index is 13.2. The minimum absolute atomic E-state index is 0.0213. The van der Waals surface area contributed by atoms with E-state index in [1.54, 1.807) is 12.1 Å². The van der Waals surface area contributed by atoms with Crippen molar-refractivity contribution >= 4 is 80.8 Å². The summed E-state index contributed by atoms with van der Waals surface area (Å²) in [5, 5.41) is 28.0. The highest BCUT2D eigenvalue weighted by Crippen LogP contribution is 2.51. The number of aliphatic hydroxyl groups excluding tert-OH is 1. The lowest BCUT2D eigenvalue weighted by atomic mass is 9.89. The normalized spacial score (nSPS) is 16.8. The van der Waals surface area contributed by atoms with E-state index in [9.17, 15) is 34.2 Å². The maximum Gasteiger partial charge on any atom is 0.336 e. The summed E-state index contributed by atoms with van der Waals surface area (Å²) >= 11 is 0. The van der Waals surface area contributed by atoms with E-state index >= 15 is 0 Å². The van der Waals surface area contributed by atoms with Crippen molar-refractivity contribution in [3.63, 3.8) is 0 Å². The molecule has 16 nitrogen and oxygen atoms in total. The third-order valence-corrected chi connectivity index (χ3v) is 17.3. The van der Waals surface area contributed by atoms with Crippen LogP contribution in [0.25, 0.3) is 33.4 Å². The molecule has 3 aromatic rings. The molecule has 6 atom stereocenters. The van der Waals surface area contributed by atoms with Crippen LogP contribution in [0.15, 0.2) is 74.8 Å². The molecule has 6 unspecified atom stereocenters. The van der Waals surface area contributed by atoms with Gasteiger partial charge in [0.25, 0.3) is 11.5 Å². The predicted octanol–water partition coefficient (Wildman–Crippen LogP) is 4.09. The number of rotatable bonds is 18. The molecular formula is C40H48N6O10P3S2+. The van der Waals surface area contributed by atoms with Gasteiger partial charge in [-0.15, -0.1) is 0 Å². The van der Waals surface area contributed by atoms with Gasteiger partial charge in [0.1, 0.15) is 31.7 Å². The van der Waals surface area contributed by atoms with Gasteiger partial charge in [0.15, 0.2) is 0 Å². The van der Waals surface area contributed by atoms with Gasteiger partial charge in [0, 0.05) is 106 Å². The summed E-state index contributed by atoms with van der Waals surface area (Å²) < 4.78 is 15.5. The Kier molecular flexibility index (Phi) is 16.2. The van der Waals surface area contributed by atoms with Crippen LogP contribution in [0.1, 0.15) is 45.3 Å². The first kappa shape index (κ1) is 46.4. The lowest BCUT2D eigenvalue weighted by Gasteiger charge is -2.19. The van der Waals surface area contributed by atoms with Gasteiger partial charge in [0.05, 0.1) is 29.4 Å². The Hall–Kier alpha value is -4.11.